The summed E-state index contributed by atoms with van der Waals surface area (Å²) in [4.78, 5) is 34.7. The number of hydrogen-bond donors (Lipinski definition) is 1. The Kier molecular flexibility index (Phi) is 4.31. The number of carbonyl (C=O) groups excluding carboxylic acids is 1. The first kappa shape index (κ1) is 16.9. The van der Waals surface area contributed by atoms with Crippen molar-refractivity contribution in [1.29, 1.82) is 0 Å². The van der Waals surface area contributed by atoms with Gasteiger partial charge in [-0.05, 0) is 25.2 Å². The highest BCUT2D eigenvalue weighted by Crippen LogP contribution is 2.32. The molecule has 8 nitrogen and oxygen atoms in total. The molecule has 0 bridgehead atoms. The van der Waals surface area contributed by atoms with Gasteiger partial charge in [0.25, 0.3) is 5.56 Å². The Morgan fingerprint density at radius 1 is 1.46 bits per heavy atom. The molecule has 3 heterocycles. The molecule has 1 atom stereocenters. The number of nitrogens with zero attached hydrogens (tertiary/aromatic N) is 5. The summed E-state index contributed by atoms with van der Waals surface area (Å²) in [7, 11) is 1.74. The Labute approximate surface area is 153 Å². The topological polar surface area (TPSA) is 94.7 Å². The average Bonchev–Trinajstić information content (AvgIpc) is 3.17. The summed E-state index contributed by atoms with van der Waals surface area (Å²) < 4.78 is 3.00. The molecule has 1 amide bonds. The lowest BCUT2D eigenvalue weighted by Crippen LogP contribution is -2.23. The van der Waals surface area contributed by atoms with Crippen molar-refractivity contribution in [2.75, 3.05) is 5.32 Å². The molecule has 1 aliphatic rings. The molecule has 0 saturated heterocycles. The van der Waals surface area contributed by atoms with E-state index in [1.54, 1.807) is 23.1 Å². The van der Waals surface area contributed by atoms with Gasteiger partial charge in [-0.3, -0.25) is 18.8 Å². The Balaban J connectivity index is 1.42. The van der Waals surface area contributed by atoms with Crippen molar-refractivity contribution in [2.24, 2.45) is 13.0 Å². The van der Waals surface area contributed by atoms with E-state index in [1.807, 2.05) is 0 Å². The van der Waals surface area contributed by atoms with Crippen molar-refractivity contribution >= 4 is 33.4 Å². The molecule has 26 heavy (non-hydrogen) atoms. The van der Waals surface area contributed by atoms with E-state index in [9.17, 15) is 9.59 Å². The summed E-state index contributed by atoms with van der Waals surface area (Å²) in [6.45, 7) is 2.51. The van der Waals surface area contributed by atoms with Gasteiger partial charge in [0.05, 0.1) is 18.2 Å². The van der Waals surface area contributed by atoms with Crippen LogP contribution >= 0.6 is 11.3 Å². The number of carbonyl (C=O) groups is 1. The van der Waals surface area contributed by atoms with E-state index in [2.05, 4.69) is 27.3 Å². The minimum absolute atomic E-state index is 0.151. The van der Waals surface area contributed by atoms with Crippen molar-refractivity contribution in [3.8, 4) is 0 Å². The van der Waals surface area contributed by atoms with Crippen LogP contribution in [0.15, 0.2) is 17.3 Å². The fraction of sp³-hybridized carbons (Fsp3) is 0.471. The zero-order chi connectivity index (χ0) is 18.3. The van der Waals surface area contributed by atoms with E-state index < -0.39 is 0 Å². The molecular formula is C17H20N6O2S. The van der Waals surface area contributed by atoms with Crippen LogP contribution in [0.25, 0.3) is 11.0 Å². The molecule has 3 aromatic rings. The summed E-state index contributed by atoms with van der Waals surface area (Å²) in [5, 5.41) is 8.01. The number of hydrogen-bond acceptors (Lipinski definition) is 6. The highest BCUT2D eigenvalue weighted by atomic mass is 32.1. The number of aromatic nitrogens is 5. The van der Waals surface area contributed by atoms with E-state index >= 15 is 0 Å². The molecule has 136 valence electrons. The van der Waals surface area contributed by atoms with E-state index in [1.165, 1.54) is 22.0 Å². The van der Waals surface area contributed by atoms with Gasteiger partial charge in [0.2, 0.25) is 5.91 Å². The summed E-state index contributed by atoms with van der Waals surface area (Å²) >= 11 is 1.56. The fourth-order valence-corrected chi connectivity index (χ4v) is 4.41. The van der Waals surface area contributed by atoms with Gasteiger partial charge >= 0.3 is 0 Å². The quantitative estimate of drug-likeness (QED) is 0.753. The molecule has 0 saturated carbocycles. The molecule has 0 spiro atoms. The van der Waals surface area contributed by atoms with Crippen LogP contribution in [0.1, 0.15) is 30.3 Å². The maximum atomic E-state index is 12.4. The smallest absolute Gasteiger partial charge is 0.264 e. The Hall–Kier alpha value is -2.55. The summed E-state index contributed by atoms with van der Waals surface area (Å²) in [6.07, 6.45) is 6.32. The van der Waals surface area contributed by atoms with Crippen molar-refractivity contribution in [2.45, 2.75) is 39.2 Å². The molecule has 1 aliphatic carbocycles. The first-order valence-corrected chi connectivity index (χ1v) is 9.48. The number of fused-ring (bicyclic) bond motifs is 2. The van der Waals surface area contributed by atoms with Gasteiger partial charge in [-0.15, -0.1) is 11.3 Å². The second-order valence-corrected chi connectivity index (χ2v) is 7.87. The van der Waals surface area contributed by atoms with Gasteiger partial charge in [0, 0.05) is 24.9 Å². The highest BCUT2D eigenvalue weighted by molar-refractivity contribution is 7.15. The number of thiazole rings is 1. The van der Waals surface area contributed by atoms with E-state index in [0.717, 1.165) is 25.0 Å². The lowest BCUT2D eigenvalue weighted by molar-refractivity contribution is -0.116. The largest absolute Gasteiger partial charge is 0.302 e. The van der Waals surface area contributed by atoms with Crippen molar-refractivity contribution < 1.29 is 4.79 Å². The maximum absolute atomic E-state index is 12.4. The van der Waals surface area contributed by atoms with Crippen molar-refractivity contribution in [1.82, 2.24) is 24.3 Å². The van der Waals surface area contributed by atoms with Crippen LogP contribution < -0.4 is 10.9 Å². The van der Waals surface area contributed by atoms with Gasteiger partial charge in [-0.1, -0.05) is 6.92 Å². The fourth-order valence-electron chi connectivity index (χ4n) is 3.22. The van der Waals surface area contributed by atoms with Gasteiger partial charge in [0.1, 0.15) is 5.39 Å². The average molecular weight is 372 g/mol. The van der Waals surface area contributed by atoms with Crippen LogP contribution in [0.2, 0.25) is 0 Å². The van der Waals surface area contributed by atoms with Gasteiger partial charge in [-0.25, -0.2) is 9.97 Å². The Bertz CT molecular complexity index is 1030. The zero-order valence-corrected chi connectivity index (χ0v) is 15.5. The minimum Gasteiger partial charge on any atom is -0.302 e. The van der Waals surface area contributed by atoms with Crippen LogP contribution in [0.4, 0.5) is 5.13 Å². The zero-order valence-electron chi connectivity index (χ0n) is 14.7. The molecule has 3 aromatic heterocycles. The molecule has 0 fully saturated rings. The molecule has 4 rings (SSSR count). The summed E-state index contributed by atoms with van der Waals surface area (Å²) in [5.74, 6) is 0.524. The Morgan fingerprint density at radius 2 is 2.31 bits per heavy atom. The molecule has 1 N–H and O–H groups in total. The third-order valence-corrected chi connectivity index (χ3v) is 5.77. The van der Waals surface area contributed by atoms with Crippen molar-refractivity contribution in [3.63, 3.8) is 0 Å². The number of aryl methyl sites for hydroxylation is 3. The predicted octanol–water partition coefficient (Wildman–Crippen LogP) is 1.74. The number of amides is 1. The van der Waals surface area contributed by atoms with Crippen LogP contribution in [0, 0.1) is 5.92 Å². The first-order valence-electron chi connectivity index (χ1n) is 8.67. The SMILES string of the molecule is C[C@@H]1CCc2nc(NC(=O)CCn3cnc4c(cnn4C)c3=O)sc2C1. The Morgan fingerprint density at radius 3 is 3.15 bits per heavy atom. The van der Waals surface area contributed by atoms with Gasteiger partial charge in [-0.2, -0.15) is 5.10 Å². The van der Waals surface area contributed by atoms with E-state index in [0.29, 0.717) is 22.1 Å². The molecule has 0 unspecified atom stereocenters. The second kappa shape index (κ2) is 6.64. The molecule has 9 heteroatoms. The molecular weight excluding hydrogens is 352 g/mol. The van der Waals surface area contributed by atoms with Crippen LogP contribution in [0.5, 0.6) is 0 Å². The summed E-state index contributed by atoms with van der Waals surface area (Å²) in [5.41, 5.74) is 1.47. The normalized spacial score (nSPS) is 16.6. The minimum atomic E-state index is -0.186. The van der Waals surface area contributed by atoms with Crippen LogP contribution in [-0.4, -0.2) is 30.2 Å². The number of nitrogens with one attached hydrogen (secondary N) is 1. The van der Waals surface area contributed by atoms with Crippen LogP contribution in [0.3, 0.4) is 0 Å². The molecule has 0 aliphatic heterocycles. The molecule has 0 radical (unpaired) electrons. The highest BCUT2D eigenvalue weighted by Gasteiger charge is 2.20. The third-order valence-electron chi connectivity index (χ3n) is 4.73. The first-order chi connectivity index (χ1) is 12.5. The van der Waals surface area contributed by atoms with Gasteiger partial charge < -0.3 is 5.32 Å². The number of rotatable bonds is 4. The second-order valence-electron chi connectivity index (χ2n) is 6.78. The van der Waals surface area contributed by atoms with Gasteiger partial charge in [0.15, 0.2) is 10.8 Å². The lowest BCUT2D eigenvalue weighted by Gasteiger charge is -2.15. The third kappa shape index (κ3) is 3.14. The summed E-state index contributed by atoms with van der Waals surface area (Å²) in [6, 6.07) is 0. The van der Waals surface area contributed by atoms with E-state index in [-0.39, 0.29) is 24.4 Å². The standard InChI is InChI=1S/C17H20N6O2S/c1-10-3-4-12-13(7-10)26-17(20-12)21-14(24)5-6-23-9-18-15-11(16(23)25)8-19-22(15)2/h8-10H,3-7H2,1-2H3,(H,20,21,24)/t10-/m1/s1. The molecule has 0 aromatic carbocycles. The monoisotopic (exact) mass is 372 g/mol. The number of anilines is 1. The van der Waals surface area contributed by atoms with Crippen LogP contribution in [-0.2, 0) is 31.2 Å². The van der Waals surface area contributed by atoms with E-state index in [4.69, 9.17) is 0 Å². The maximum Gasteiger partial charge on any atom is 0.264 e. The van der Waals surface area contributed by atoms with Crippen molar-refractivity contribution in [3.05, 3.63) is 33.4 Å². The lowest BCUT2D eigenvalue weighted by atomic mass is 9.93. The predicted molar refractivity (Wildman–Crippen MR) is 99.3 cm³/mol.